The van der Waals surface area contributed by atoms with Crippen molar-refractivity contribution in [3.63, 3.8) is 0 Å². The molecule has 1 heterocycles. The topological polar surface area (TPSA) is 53.2 Å². The van der Waals surface area contributed by atoms with Gasteiger partial charge in [-0.1, -0.05) is 18.2 Å². The summed E-state index contributed by atoms with van der Waals surface area (Å²) in [7, 11) is 0. The maximum atomic E-state index is 13.6. The highest BCUT2D eigenvalue weighted by atomic mass is 19.1. The van der Waals surface area contributed by atoms with Crippen LogP contribution in [-0.4, -0.2) is 18.3 Å². The van der Waals surface area contributed by atoms with Crippen LogP contribution in [0.25, 0.3) is 0 Å². The fourth-order valence-electron chi connectivity index (χ4n) is 2.18. The summed E-state index contributed by atoms with van der Waals surface area (Å²) in [5.41, 5.74) is -0.861. The molecule has 1 aromatic carbocycles. The molecular weight excluding hydrogens is 221 g/mol. The fraction of sp³-hybridized carbons (Fsp3) is 0.462. The van der Waals surface area contributed by atoms with E-state index in [9.17, 15) is 14.8 Å². The first-order chi connectivity index (χ1) is 8.19. The third-order valence-electron chi connectivity index (χ3n) is 3.22. The smallest absolute Gasteiger partial charge is 0.129 e. The van der Waals surface area contributed by atoms with Crippen molar-refractivity contribution < 1.29 is 14.2 Å². The van der Waals surface area contributed by atoms with Gasteiger partial charge in [-0.2, -0.15) is 5.26 Å². The number of hydrogen-bond acceptors (Lipinski definition) is 3. The van der Waals surface area contributed by atoms with E-state index in [2.05, 4.69) is 6.07 Å². The highest BCUT2D eigenvalue weighted by molar-refractivity contribution is 5.25. The summed E-state index contributed by atoms with van der Waals surface area (Å²) >= 11 is 0. The van der Waals surface area contributed by atoms with Crippen LogP contribution in [-0.2, 0) is 4.74 Å². The van der Waals surface area contributed by atoms with Crippen molar-refractivity contribution in [1.82, 2.24) is 0 Å². The van der Waals surface area contributed by atoms with Crippen LogP contribution in [0.4, 0.5) is 4.39 Å². The van der Waals surface area contributed by atoms with Gasteiger partial charge in [-0.05, 0) is 18.9 Å². The van der Waals surface area contributed by atoms with Crippen LogP contribution in [0.2, 0.25) is 0 Å². The van der Waals surface area contributed by atoms with Gasteiger partial charge in [-0.25, -0.2) is 4.39 Å². The van der Waals surface area contributed by atoms with Crippen LogP contribution in [0.15, 0.2) is 24.3 Å². The number of rotatable bonds is 2. The zero-order valence-corrected chi connectivity index (χ0v) is 9.40. The summed E-state index contributed by atoms with van der Waals surface area (Å²) in [4.78, 5) is 0. The molecular formula is C13H14FNO2. The third-order valence-corrected chi connectivity index (χ3v) is 3.22. The molecule has 0 saturated carbocycles. The number of ether oxygens (including phenoxy) is 1. The van der Waals surface area contributed by atoms with Gasteiger partial charge in [0.1, 0.15) is 17.3 Å². The molecule has 1 N–H and O–H groups in total. The second-order valence-electron chi connectivity index (χ2n) is 4.35. The summed E-state index contributed by atoms with van der Waals surface area (Å²) in [6.07, 6.45) is 0.0898. The average molecular weight is 235 g/mol. The molecule has 2 atom stereocenters. The van der Waals surface area contributed by atoms with E-state index in [1.807, 2.05) is 0 Å². The van der Waals surface area contributed by atoms with Crippen LogP contribution in [0.1, 0.15) is 24.5 Å². The molecule has 1 fully saturated rings. The molecule has 17 heavy (non-hydrogen) atoms. The summed E-state index contributed by atoms with van der Waals surface area (Å²) < 4.78 is 18.8. The SMILES string of the molecule is N#CC1(C(O)c2ccccc2F)CCCOC1. The summed E-state index contributed by atoms with van der Waals surface area (Å²) in [6.45, 7) is 0.742. The Hall–Kier alpha value is -1.44. The Balaban J connectivity index is 2.32. The van der Waals surface area contributed by atoms with Crippen molar-refractivity contribution in [2.45, 2.75) is 18.9 Å². The van der Waals surface area contributed by atoms with Gasteiger partial charge >= 0.3 is 0 Å². The van der Waals surface area contributed by atoms with Crippen LogP contribution in [0.5, 0.6) is 0 Å². The molecule has 0 aliphatic carbocycles. The molecule has 3 nitrogen and oxygen atoms in total. The number of hydrogen-bond donors (Lipinski definition) is 1. The van der Waals surface area contributed by atoms with Gasteiger partial charge in [-0.3, -0.25) is 0 Å². The molecule has 0 radical (unpaired) electrons. The molecule has 0 amide bonds. The molecule has 0 spiro atoms. The van der Waals surface area contributed by atoms with Crippen molar-refractivity contribution in [1.29, 1.82) is 5.26 Å². The molecule has 0 bridgehead atoms. The minimum Gasteiger partial charge on any atom is -0.387 e. The lowest BCUT2D eigenvalue weighted by atomic mass is 9.76. The second-order valence-corrected chi connectivity index (χ2v) is 4.35. The predicted molar refractivity (Wildman–Crippen MR) is 59.5 cm³/mol. The van der Waals surface area contributed by atoms with Gasteiger partial charge < -0.3 is 9.84 Å². The van der Waals surface area contributed by atoms with Gasteiger partial charge in [0.25, 0.3) is 0 Å². The van der Waals surface area contributed by atoms with Crippen LogP contribution in [0.3, 0.4) is 0 Å². The molecule has 1 saturated heterocycles. The van der Waals surface area contributed by atoms with E-state index in [0.717, 1.165) is 0 Å². The Bertz CT molecular complexity index is 435. The van der Waals surface area contributed by atoms with Crippen LogP contribution in [0, 0.1) is 22.6 Å². The molecule has 0 aromatic heterocycles. The molecule has 4 heteroatoms. The van der Waals surface area contributed by atoms with Gasteiger partial charge in [0.15, 0.2) is 0 Å². The molecule has 90 valence electrons. The minimum atomic E-state index is -1.14. The van der Waals surface area contributed by atoms with E-state index < -0.39 is 17.3 Å². The maximum Gasteiger partial charge on any atom is 0.129 e. The number of nitrogens with zero attached hydrogens (tertiary/aromatic N) is 1. The van der Waals surface area contributed by atoms with Gasteiger partial charge in [0.05, 0.1) is 12.7 Å². The molecule has 1 aliphatic heterocycles. The lowest BCUT2D eigenvalue weighted by molar-refractivity contribution is -0.0517. The van der Waals surface area contributed by atoms with E-state index in [0.29, 0.717) is 19.4 Å². The van der Waals surface area contributed by atoms with E-state index in [-0.39, 0.29) is 12.2 Å². The minimum absolute atomic E-state index is 0.152. The van der Waals surface area contributed by atoms with Gasteiger partial charge in [0.2, 0.25) is 0 Å². The second kappa shape index (κ2) is 4.82. The fourth-order valence-corrected chi connectivity index (χ4v) is 2.18. The molecule has 1 aromatic rings. The largest absolute Gasteiger partial charge is 0.387 e. The van der Waals surface area contributed by atoms with E-state index in [4.69, 9.17) is 4.74 Å². The first kappa shape index (κ1) is 12.0. The standard InChI is InChI=1S/C13H14FNO2/c14-11-5-2-1-4-10(11)12(16)13(8-15)6-3-7-17-9-13/h1-2,4-5,12,16H,3,6-7,9H2. The maximum absolute atomic E-state index is 13.6. The number of benzene rings is 1. The van der Waals surface area contributed by atoms with E-state index in [1.165, 1.54) is 12.1 Å². The summed E-state index contributed by atoms with van der Waals surface area (Å²) in [5, 5.41) is 19.5. The zero-order valence-electron chi connectivity index (χ0n) is 9.40. The first-order valence-electron chi connectivity index (χ1n) is 5.61. The number of aliphatic hydroxyl groups is 1. The van der Waals surface area contributed by atoms with Crippen LogP contribution < -0.4 is 0 Å². The highest BCUT2D eigenvalue weighted by Gasteiger charge is 2.42. The average Bonchev–Trinajstić information content (AvgIpc) is 2.39. The summed E-state index contributed by atoms with van der Waals surface area (Å²) in [6, 6.07) is 8.10. The van der Waals surface area contributed by atoms with Crippen molar-refractivity contribution in [3.8, 4) is 6.07 Å². The lowest BCUT2D eigenvalue weighted by Crippen LogP contribution is -2.36. The Morgan fingerprint density at radius 3 is 2.82 bits per heavy atom. The normalized spacial score (nSPS) is 26.2. The Morgan fingerprint density at radius 2 is 2.24 bits per heavy atom. The first-order valence-corrected chi connectivity index (χ1v) is 5.61. The number of aliphatic hydroxyl groups excluding tert-OH is 1. The van der Waals surface area contributed by atoms with Gasteiger partial charge in [0, 0.05) is 12.2 Å². The monoisotopic (exact) mass is 235 g/mol. The number of nitriles is 1. The Labute approximate surface area is 99.4 Å². The number of halogens is 1. The van der Waals surface area contributed by atoms with E-state index in [1.54, 1.807) is 12.1 Å². The quantitative estimate of drug-likeness (QED) is 0.854. The van der Waals surface area contributed by atoms with Crippen molar-refractivity contribution in [3.05, 3.63) is 35.6 Å². The van der Waals surface area contributed by atoms with Crippen molar-refractivity contribution in [2.75, 3.05) is 13.2 Å². The third kappa shape index (κ3) is 2.17. The van der Waals surface area contributed by atoms with E-state index >= 15 is 0 Å². The van der Waals surface area contributed by atoms with Crippen LogP contribution >= 0.6 is 0 Å². The zero-order chi connectivity index (χ0) is 12.3. The summed E-state index contributed by atoms with van der Waals surface area (Å²) in [5.74, 6) is -0.486. The lowest BCUT2D eigenvalue weighted by Gasteiger charge is -2.35. The Morgan fingerprint density at radius 1 is 1.47 bits per heavy atom. The van der Waals surface area contributed by atoms with Crippen molar-refractivity contribution >= 4 is 0 Å². The molecule has 2 rings (SSSR count). The molecule has 2 unspecified atom stereocenters. The Kier molecular flexibility index (Phi) is 3.41. The predicted octanol–water partition coefficient (Wildman–Crippen LogP) is 2.18. The highest BCUT2D eigenvalue weighted by Crippen LogP contribution is 2.40. The van der Waals surface area contributed by atoms with Crippen molar-refractivity contribution in [2.24, 2.45) is 5.41 Å². The van der Waals surface area contributed by atoms with Gasteiger partial charge in [-0.15, -0.1) is 0 Å². The molecule has 1 aliphatic rings.